The van der Waals surface area contributed by atoms with E-state index in [1.807, 2.05) is 14.0 Å². The largest absolute Gasteiger partial charge is 0.466 e. The fraction of sp³-hybridized carbons (Fsp3) is 0.929. The first-order chi connectivity index (χ1) is 8.53. The van der Waals surface area contributed by atoms with Crippen LogP contribution < -0.4 is 5.32 Å². The van der Waals surface area contributed by atoms with Gasteiger partial charge in [0.05, 0.1) is 13.0 Å². The van der Waals surface area contributed by atoms with Crippen molar-refractivity contribution in [1.82, 2.24) is 10.2 Å². The molecule has 4 nitrogen and oxygen atoms in total. The van der Waals surface area contributed by atoms with E-state index in [0.29, 0.717) is 19.1 Å². The van der Waals surface area contributed by atoms with Crippen LogP contribution in [0.2, 0.25) is 0 Å². The summed E-state index contributed by atoms with van der Waals surface area (Å²) in [6.07, 6.45) is 3.69. The highest BCUT2D eigenvalue weighted by Gasteiger charge is 2.34. The molecule has 0 aliphatic carbocycles. The van der Waals surface area contributed by atoms with Crippen LogP contribution in [0.3, 0.4) is 0 Å². The van der Waals surface area contributed by atoms with E-state index in [4.69, 9.17) is 4.74 Å². The summed E-state index contributed by atoms with van der Waals surface area (Å²) < 4.78 is 5.09. The van der Waals surface area contributed by atoms with Crippen molar-refractivity contribution in [3.8, 4) is 0 Å². The Bertz CT molecular complexity index is 269. The minimum absolute atomic E-state index is 0.0735. The van der Waals surface area contributed by atoms with E-state index in [1.54, 1.807) is 0 Å². The predicted molar refractivity (Wildman–Crippen MR) is 73.6 cm³/mol. The Morgan fingerprint density at radius 1 is 1.39 bits per heavy atom. The van der Waals surface area contributed by atoms with Crippen molar-refractivity contribution in [1.29, 1.82) is 0 Å². The molecule has 1 heterocycles. The topological polar surface area (TPSA) is 41.6 Å². The van der Waals surface area contributed by atoms with Gasteiger partial charge in [0, 0.05) is 18.1 Å². The molecule has 1 aliphatic heterocycles. The standard InChI is InChI=1S/C14H28N2O2/c1-5-18-13(17)11-14(15-4)7-6-9-16(10-8-14)12(2)3/h12,15H,5-11H2,1-4H3. The van der Waals surface area contributed by atoms with Crippen LogP contribution in [0, 0.1) is 0 Å². The van der Waals surface area contributed by atoms with E-state index in [9.17, 15) is 4.79 Å². The quantitative estimate of drug-likeness (QED) is 0.762. The summed E-state index contributed by atoms with van der Waals surface area (Å²) in [6.45, 7) is 8.98. The molecule has 1 fully saturated rings. The molecule has 4 heteroatoms. The third kappa shape index (κ3) is 4.25. The van der Waals surface area contributed by atoms with Crippen molar-refractivity contribution in [2.45, 2.75) is 58.0 Å². The third-order valence-electron chi connectivity index (χ3n) is 4.03. The van der Waals surface area contributed by atoms with E-state index < -0.39 is 0 Å². The van der Waals surface area contributed by atoms with Crippen molar-refractivity contribution in [3.63, 3.8) is 0 Å². The molecule has 1 N–H and O–H groups in total. The van der Waals surface area contributed by atoms with Gasteiger partial charge in [0.25, 0.3) is 0 Å². The lowest BCUT2D eigenvalue weighted by molar-refractivity contribution is -0.145. The number of rotatable bonds is 5. The molecule has 1 aliphatic rings. The lowest BCUT2D eigenvalue weighted by Gasteiger charge is -2.32. The maximum Gasteiger partial charge on any atom is 0.307 e. The summed E-state index contributed by atoms with van der Waals surface area (Å²) in [5.74, 6) is -0.0788. The Hall–Kier alpha value is -0.610. The predicted octanol–water partition coefficient (Wildman–Crippen LogP) is 1.79. The first kappa shape index (κ1) is 15.4. The van der Waals surface area contributed by atoms with Crippen LogP contribution in [0.25, 0.3) is 0 Å². The number of hydrogen-bond donors (Lipinski definition) is 1. The number of ether oxygens (including phenoxy) is 1. The number of carbonyl (C=O) groups excluding carboxylic acids is 1. The molecule has 106 valence electrons. The molecule has 0 aromatic rings. The smallest absolute Gasteiger partial charge is 0.307 e. The number of nitrogens with zero attached hydrogens (tertiary/aromatic N) is 1. The second-order valence-electron chi connectivity index (χ2n) is 5.50. The van der Waals surface area contributed by atoms with Gasteiger partial charge in [0.2, 0.25) is 0 Å². The van der Waals surface area contributed by atoms with Crippen molar-refractivity contribution < 1.29 is 9.53 Å². The molecule has 18 heavy (non-hydrogen) atoms. The fourth-order valence-corrected chi connectivity index (χ4v) is 2.73. The van der Waals surface area contributed by atoms with Gasteiger partial charge in [-0.25, -0.2) is 0 Å². The van der Waals surface area contributed by atoms with Gasteiger partial charge < -0.3 is 15.0 Å². The van der Waals surface area contributed by atoms with Crippen LogP contribution in [-0.2, 0) is 9.53 Å². The van der Waals surface area contributed by atoms with Crippen molar-refractivity contribution in [2.24, 2.45) is 0 Å². The summed E-state index contributed by atoms with van der Waals surface area (Å²) in [4.78, 5) is 14.2. The molecule has 1 rings (SSSR count). The van der Waals surface area contributed by atoms with Crippen LogP contribution in [0.5, 0.6) is 0 Å². The van der Waals surface area contributed by atoms with Crippen LogP contribution in [0.1, 0.15) is 46.5 Å². The maximum atomic E-state index is 11.7. The molecule has 0 saturated carbocycles. The second-order valence-corrected chi connectivity index (χ2v) is 5.50. The number of carbonyl (C=O) groups is 1. The Morgan fingerprint density at radius 2 is 2.11 bits per heavy atom. The van der Waals surface area contributed by atoms with Crippen LogP contribution in [0.4, 0.5) is 0 Å². The third-order valence-corrected chi connectivity index (χ3v) is 4.03. The number of hydrogen-bond acceptors (Lipinski definition) is 4. The molecule has 0 spiro atoms. The van der Waals surface area contributed by atoms with Gasteiger partial charge in [0.15, 0.2) is 0 Å². The molecule has 0 radical (unpaired) electrons. The van der Waals surface area contributed by atoms with Crippen molar-refractivity contribution in [3.05, 3.63) is 0 Å². The Morgan fingerprint density at radius 3 is 2.67 bits per heavy atom. The lowest BCUT2D eigenvalue weighted by atomic mass is 9.87. The molecular formula is C14H28N2O2. The minimum atomic E-state index is -0.0788. The molecular weight excluding hydrogens is 228 g/mol. The highest BCUT2D eigenvalue weighted by molar-refractivity contribution is 5.70. The first-order valence-corrected chi connectivity index (χ1v) is 7.11. The molecule has 1 unspecified atom stereocenters. The van der Waals surface area contributed by atoms with Gasteiger partial charge in [0.1, 0.15) is 0 Å². The number of likely N-dealkylation sites (tertiary alicyclic amines) is 1. The van der Waals surface area contributed by atoms with Crippen LogP contribution in [0.15, 0.2) is 0 Å². The maximum absolute atomic E-state index is 11.7. The van der Waals surface area contributed by atoms with Gasteiger partial charge in [-0.1, -0.05) is 0 Å². The highest BCUT2D eigenvalue weighted by atomic mass is 16.5. The molecule has 1 saturated heterocycles. The number of nitrogens with one attached hydrogen (secondary N) is 1. The Labute approximate surface area is 111 Å². The summed E-state index contributed by atoms with van der Waals surface area (Å²) in [5.41, 5.74) is -0.0735. The zero-order valence-electron chi connectivity index (χ0n) is 12.3. The second kappa shape index (κ2) is 7.10. The molecule has 0 bridgehead atoms. The van der Waals surface area contributed by atoms with E-state index in [-0.39, 0.29) is 11.5 Å². The van der Waals surface area contributed by atoms with Crippen LogP contribution >= 0.6 is 0 Å². The zero-order chi connectivity index (χ0) is 13.6. The van der Waals surface area contributed by atoms with E-state index >= 15 is 0 Å². The summed E-state index contributed by atoms with van der Waals surface area (Å²) in [6, 6.07) is 0.584. The average Bonchev–Trinajstić information content (AvgIpc) is 2.53. The van der Waals surface area contributed by atoms with Crippen molar-refractivity contribution >= 4 is 5.97 Å². The molecule has 0 aromatic heterocycles. The Balaban J connectivity index is 2.61. The van der Waals surface area contributed by atoms with Gasteiger partial charge in [-0.2, -0.15) is 0 Å². The van der Waals surface area contributed by atoms with Crippen molar-refractivity contribution in [2.75, 3.05) is 26.7 Å². The van der Waals surface area contributed by atoms with Gasteiger partial charge >= 0.3 is 5.97 Å². The minimum Gasteiger partial charge on any atom is -0.466 e. The first-order valence-electron chi connectivity index (χ1n) is 7.11. The Kier molecular flexibility index (Phi) is 6.09. The van der Waals surface area contributed by atoms with Gasteiger partial charge in [-0.05, 0) is 53.6 Å². The summed E-state index contributed by atoms with van der Waals surface area (Å²) >= 11 is 0. The molecule has 0 amide bonds. The SMILES string of the molecule is CCOC(=O)CC1(NC)CCCN(C(C)C)CC1. The molecule has 0 aromatic carbocycles. The van der Waals surface area contributed by atoms with E-state index in [0.717, 1.165) is 32.4 Å². The highest BCUT2D eigenvalue weighted by Crippen LogP contribution is 2.26. The lowest BCUT2D eigenvalue weighted by Crippen LogP contribution is -2.46. The summed E-state index contributed by atoms with van der Waals surface area (Å²) in [7, 11) is 1.96. The zero-order valence-corrected chi connectivity index (χ0v) is 12.3. The molecule has 1 atom stereocenters. The van der Waals surface area contributed by atoms with Crippen LogP contribution in [-0.4, -0.2) is 49.2 Å². The average molecular weight is 256 g/mol. The number of esters is 1. The van der Waals surface area contributed by atoms with Gasteiger partial charge in [-0.15, -0.1) is 0 Å². The van der Waals surface area contributed by atoms with E-state index in [1.165, 1.54) is 0 Å². The monoisotopic (exact) mass is 256 g/mol. The van der Waals surface area contributed by atoms with E-state index in [2.05, 4.69) is 24.1 Å². The van der Waals surface area contributed by atoms with Gasteiger partial charge in [-0.3, -0.25) is 4.79 Å². The normalized spacial score (nSPS) is 26.1. The fourth-order valence-electron chi connectivity index (χ4n) is 2.73. The summed E-state index contributed by atoms with van der Waals surface area (Å²) in [5, 5.41) is 3.38.